The SMILES string of the molecule is CCCC[C@H]1CN(C(=O)C2CCc3cc(Cl)ccc3C2)C[C@@]1(N)C(=O)O. The highest BCUT2D eigenvalue weighted by Crippen LogP contribution is 2.34. The lowest BCUT2D eigenvalue weighted by molar-refractivity contribution is -0.144. The fourth-order valence-corrected chi connectivity index (χ4v) is 4.54. The second-order valence-electron chi connectivity index (χ2n) is 7.76. The standard InChI is InChI=1S/C20H27ClN2O3/c1-2-3-4-16-11-23(12-20(16,22)19(25)26)18(24)15-6-5-14-10-17(21)8-7-13(14)9-15/h7-8,10,15-16H,2-6,9,11-12,22H2,1H3,(H,25,26)/t15?,16-,20-/m0/s1. The largest absolute Gasteiger partial charge is 0.480 e. The molecule has 5 nitrogen and oxygen atoms in total. The van der Waals surface area contributed by atoms with Gasteiger partial charge in [0.25, 0.3) is 0 Å². The highest BCUT2D eigenvalue weighted by atomic mass is 35.5. The van der Waals surface area contributed by atoms with Gasteiger partial charge in [0.1, 0.15) is 5.54 Å². The topological polar surface area (TPSA) is 83.6 Å². The molecule has 0 bridgehead atoms. The number of fused-ring (bicyclic) bond motifs is 1. The first-order chi connectivity index (χ1) is 12.3. The van der Waals surface area contributed by atoms with Crippen molar-refractivity contribution >= 4 is 23.5 Å². The van der Waals surface area contributed by atoms with E-state index in [-0.39, 0.29) is 24.3 Å². The number of nitrogens with zero attached hydrogens (tertiary/aromatic N) is 1. The van der Waals surface area contributed by atoms with Crippen LogP contribution in [0.5, 0.6) is 0 Å². The summed E-state index contributed by atoms with van der Waals surface area (Å²) in [6.45, 7) is 2.63. The van der Waals surface area contributed by atoms with Crippen LogP contribution in [-0.4, -0.2) is 40.5 Å². The van der Waals surface area contributed by atoms with Gasteiger partial charge in [0.2, 0.25) is 5.91 Å². The Labute approximate surface area is 159 Å². The minimum atomic E-state index is -1.33. The van der Waals surface area contributed by atoms with E-state index >= 15 is 0 Å². The van der Waals surface area contributed by atoms with Crippen molar-refractivity contribution in [1.29, 1.82) is 0 Å². The quantitative estimate of drug-likeness (QED) is 0.825. The normalized spacial score (nSPS) is 28.0. The molecule has 142 valence electrons. The van der Waals surface area contributed by atoms with Crippen LogP contribution in [-0.2, 0) is 22.4 Å². The number of carbonyl (C=O) groups excluding carboxylic acids is 1. The van der Waals surface area contributed by atoms with Gasteiger partial charge in [-0.3, -0.25) is 9.59 Å². The molecule has 1 fully saturated rings. The maximum Gasteiger partial charge on any atom is 0.325 e. The van der Waals surface area contributed by atoms with Gasteiger partial charge in [0.15, 0.2) is 0 Å². The third kappa shape index (κ3) is 3.60. The lowest BCUT2D eigenvalue weighted by Gasteiger charge is -2.28. The molecule has 1 aliphatic carbocycles. The Bertz CT molecular complexity index is 708. The molecule has 1 unspecified atom stereocenters. The number of hydrogen-bond acceptors (Lipinski definition) is 3. The van der Waals surface area contributed by atoms with Gasteiger partial charge in [0, 0.05) is 29.9 Å². The first-order valence-corrected chi connectivity index (χ1v) is 9.81. The van der Waals surface area contributed by atoms with E-state index in [1.807, 2.05) is 18.2 Å². The number of halogens is 1. The van der Waals surface area contributed by atoms with Gasteiger partial charge in [-0.25, -0.2) is 0 Å². The average molecular weight is 379 g/mol. The van der Waals surface area contributed by atoms with Gasteiger partial charge in [-0.1, -0.05) is 37.4 Å². The molecule has 0 aromatic heterocycles. The van der Waals surface area contributed by atoms with Gasteiger partial charge >= 0.3 is 5.97 Å². The zero-order valence-corrected chi connectivity index (χ0v) is 16.0. The van der Waals surface area contributed by atoms with E-state index in [0.717, 1.165) is 42.7 Å². The number of carbonyl (C=O) groups is 2. The van der Waals surface area contributed by atoms with Gasteiger partial charge in [-0.15, -0.1) is 0 Å². The van der Waals surface area contributed by atoms with Crippen molar-refractivity contribution in [1.82, 2.24) is 4.90 Å². The number of amides is 1. The Kier molecular flexibility index (Phi) is 5.58. The summed E-state index contributed by atoms with van der Waals surface area (Å²) in [4.78, 5) is 26.5. The van der Waals surface area contributed by atoms with E-state index in [9.17, 15) is 14.7 Å². The minimum Gasteiger partial charge on any atom is -0.480 e. The van der Waals surface area contributed by atoms with Crippen LogP contribution in [0.15, 0.2) is 18.2 Å². The summed E-state index contributed by atoms with van der Waals surface area (Å²) in [6, 6.07) is 5.83. The monoisotopic (exact) mass is 378 g/mol. The van der Waals surface area contributed by atoms with Crippen molar-refractivity contribution in [3.05, 3.63) is 34.3 Å². The zero-order valence-electron chi connectivity index (χ0n) is 15.2. The molecule has 26 heavy (non-hydrogen) atoms. The van der Waals surface area contributed by atoms with E-state index in [4.69, 9.17) is 17.3 Å². The minimum absolute atomic E-state index is 0.0423. The summed E-state index contributed by atoms with van der Waals surface area (Å²) in [5, 5.41) is 10.4. The number of likely N-dealkylation sites (tertiary alicyclic amines) is 1. The number of hydrogen-bond donors (Lipinski definition) is 2. The molecule has 0 spiro atoms. The molecule has 1 aliphatic heterocycles. The summed E-state index contributed by atoms with van der Waals surface area (Å²) < 4.78 is 0. The van der Waals surface area contributed by atoms with Gasteiger partial charge in [0.05, 0.1) is 0 Å². The van der Waals surface area contributed by atoms with E-state index in [1.165, 1.54) is 5.56 Å². The van der Waals surface area contributed by atoms with Gasteiger partial charge in [-0.05, 0) is 48.9 Å². The second-order valence-corrected chi connectivity index (χ2v) is 8.19. The lowest BCUT2D eigenvalue weighted by Crippen LogP contribution is -2.55. The van der Waals surface area contributed by atoms with Crippen LogP contribution in [0.1, 0.15) is 43.7 Å². The van der Waals surface area contributed by atoms with E-state index in [0.29, 0.717) is 13.0 Å². The molecule has 2 aliphatic rings. The Morgan fingerprint density at radius 3 is 2.85 bits per heavy atom. The Morgan fingerprint density at radius 1 is 1.38 bits per heavy atom. The van der Waals surface area contributed by atoms with Crippen LogP contribution in [0.2, 0.25) is 5.02 Å². The number of benzene rings is 1. The van der Waals surface area contributed by atoms with E-state index in [1.54, 1.807) is 4.90 Å². The molecule has 3 rings (SSSR count). The van der Waals surface area contributed by atoms with Gasteiger partial charge in [-0.2, -0.15) is 0 Å². The third-order valence-corrected chi connectivity index (χ3v) is 6.22. The predicted molar refractivity (Wildman–Crippen MR) is 101 cm³/mol. The van der Waals surface area contributed by atoms with Crippen LogP contribution in [0.25, 0.3) is 0 Å². The molecule has 1 heterocycles. The zero-order chi connectivity index (χ0) is 18.9. The fourth-order valence-electron chi connectivity index (χ4n) is 4.34. The number of rotatable bonds is 5. The molecule has 0 radical (unpaired) electrons. The van der Waals surface area contributed by atoms with Crippen molar-refractivity contribution < 1.29 is 14.7 Å². The number of aliphatic carboxylic acids is 1. The molecule has 1 amide bonds. The Hall–Kier alpha value is -1.59. The van der Waals surface area contributed by atoms with E-state index < -0.39 is 11.5 Å². The summed E-state index contributed by atoms with van der Waals surface area (Å²) in [6.07, 6.45) is 4.94. The molecule has 0 saturated carbocycles. The fraction of sp³-hybridized carbons (Fsp3) is 0.600. The molecule has 6 heteroatoms. The summed E-state index contributed by atoms with van der Waals surface area (Å²) in [5.74, 6) is -1.25. The average Bonchev–Trinajstić information content (AvgIpc) is 2.97. The van der Waals surface area contributed by atoms with Crippen LogP contribution in [0.4, 0.5) is 0 Å². The van der Waals surface area contributed by atoms with Crippen molar-refractivity contribution in [2.45, 2.75) is 51.0 Å². The molecule has 1 aromatic carbocycles. The van der Waals surface area contributed by atoms with Crippen molar-refractivity contribution in [2.24, 2.45) is 17.6 Å². The van der Waals surface area contributed by atoms with Crippen LogP contribution >= 0.6 is 11.6 Å². The third-order valence-electron chi connectivity index (χ3n) is 5.98. The van der Waals surface area contributed by atoms with E-state index in [2.05, 4.69) is 6.92 Å². The molecule has 1 saturated heterocycles. The molecular formula is C20H27ClN2O3. The van der Waals surface area contributed by atoms with Crippen LogP contribution in [0, 0.1) is 11.8 Å². The summed E-state index contributed by atoms with van der Waals surface area (Å²) in [7, 11) is 0. The smallest absolute Gasteiger partial charge is 0.325 e. The number of carboxylic acid groups (broad SMARTS) is 1. The van der Waals surface area contributed by atoms with Crippen molar-refractivity contribution in [3.8, 4) is 0 Å². The highest BCUT2D eigenvalue weighted by molar-refractivity contribution is 6.30. The maximum atomic E-state index is 13.1. The maximum absolute atomic E-state index is 13.1. The highest BCUT2D eigenvalue weighted by Gasteiger charge is 2.51. The number of aryl methyl sites for hydroxylation is 1. The summed E-state index contributed by atoms with van der Waals surface area (Å²) >= 11 is 6.05. The Balaban J connectivity index is 1.72. The van der Waals surface area contributed by atoms with Gasteiger partial charge < -0.3 is 15.7 Å². The Morgan fingerprint density at radius 2 is 2.15 bits per heavy atom. The second kappa shape index (κ2) is 7.57. The molecule has 3 atom stereocenters. The summed E-state index contributed by atoms with van der Waals surface area (Å²) in [5.41, 5.74) is 7.28. The number of nitrogens with two attached hydrogens (primary N) is 1. The lowest BCUT2D eigenvalue weighted by atomic mass is 9.83. The number of unbranched alkanes of at least 4 members (excludes halogenated alkanes) is 1. The van der Waals surface area contributed by atoms with Crippen molar-refractivity contribution in [3.63, 3.8) is 0 Å². The predicted octanol–water partition coefficient (Wildman–Crippen LogP) is 2.88. The molecule has 3 N–H and O–H groups in total. The van der Waals surface area contributed by atoms with Crippen LogP contribution < -0.4 is 5.73 Å². The molecule has 1 aromatic rings. The first-order valence-electron chi connectivity index (χ1n) is 9.43. The van der Waals surface area contributed by atoms with Crippen molar-refractivity contribution in [2.75, 3.05) is 13.1 Å². The first kappa shape index (κ1) is 19.2. The molecular weight excluding hydrogens is 352 g/mol. The van der Waals surface area contributed by atoms with Crippen LogP contribution in [0.3, 0.4) is 0 Å². The number of carboxylic acids is 1.